The quantitative estimate of drug-likeness (QED) is 0.889. The van der Waals surface area contributed by atoms with Crippen molar-refractivity contribution in [2.75, 3.05) is 0 Å². The minimum absolute atomic E-state index is 0.0628. The highest BCUT2D eigenvalue weighted by Gasteiger charge is 2.42. The van der Waals surface area contributed by atoms with E-state index in [4.69, 9.17) is 0 Å². The van der Waals surface area contributed by atoms with Crippen molar-refractivity contribution in [3.63, 3.8) is 0 Å². The molecule has 3 nitrogen and oxygen atoms in total. The predicted octanol–water partition coefficient (Wildman–Crippen LogP) is 3.83. The third-order valence-electron chi connectivity index (χ3n) is 5.23. The standard InChI is InChI=1S/C16H23BrN2O/c1-3-19-9-13(17)8-15(19)16(20)18-10(2)14-7-11-4-5-12(14)6-11/h8-12,14H,3-7H2,1-2H3,(H,18,20). The van der Waals surface area contributed by atoms with Gasteiger partial charge in [-0.25, -0.2) is 0 Å². The summed E-state index contributed by atoms with van der Waals surface area (Å²) < 4.78 is 2.96. The number of halogens is 1. The van der Waals surface area contributed by atoms with Crippen LogP contribution in [0.5, 0.6) is 0 Å². The summed E-state index contributed by atoms with van der Waals surface area (Å²) in [5.41, 5.74) is 0.759. The third kappa shape index (κ3) is 2.54. The van der Waals surface area contributed by atoms with E-state index in [-0.39, 0.29) is 11.9 Å². The second-order valence-corrected chi connectivity index (χ2v) is 7.35. The van der Waals surface area contributed by atoms with Gasteiger partial charge in [0.05, 0.1) is 0 Å². The lowest BCUT2D eigenvalue weighted by Gasteiger charge is -2.28. The van der Waals surface area contributed by atoms with Crippen molar-refractivity contribution >= 4 is 21.8 Å². The number of amides is 1. The number of fused-ring (bicyclic) bond motifs is 2. The Bertz CT molecular complexity index is 511. The van der Waals surface area contributed by atoms with Crippen LogP contribution in [0.4, 0.5) is 0 Å². The molecule has 0 radical (unpaired) electrons. The van der Waals surface area contributed by atoms with E-state index in [2.05, 4.69) is 35.1 Å². The third-order valence-corrected chi connectivity index (χ3v) is 5.66. The topological polar surface area (TPSA) is 34.0 Å². The summed E-state index contributed by atoms with van der Waals surface area (Å²) in [4.78, 5) is 12.5. The van der Waals surface area contributed by atoms with Gasteiger partial charge in [0.15, 0.2) is 0 Å². The van der Waals surface area contributed by atoms with Crippen molar-refractivity contribution in [2.24, 2.45) is 17.8 Å². The first-order chi connectivity index (χ1) is 9.58. The zero-order chi connectivity index (χ0) is 14.3. The smallest absolute Gasteiger partial charge is 0.268 e. The maximum absolute atomic E-state index is 12.5. The van der Waals surface area contributed by atoms with Crippen molar-refractivity contribution in [2.45, 2.75) is 52.1 Å². The first-order valence-corrected chi connectivity index (χ1v) is 8.54. The molecule has 0 aromatic carbocycles. The molecule has 0 aliphatic heterocycles. The number of nitrogens with zero attached hydrogens (tertiary/aromatic N) is 1. The van der Waals surface area contributed by atoms with Crippen molar-refractivity contribution in [3.05, 3.63) is 22.4 Å². The Labute approximate surface area is 129 Å². The van der Waals surface area contributed by atoms with E-state index in [0.29, 0.717) is 5.92 Å². The molecular weight excluding hydrogens is 316 g/mol. The summed E-state index contributed by atoms with van der Waals surface area (Å²) >= 11 is 3.45. The summed E-state index contributed by atoms with van der Waals surface area (Å²) in [5, 5.41) is 3.23. The highest BCUT2D eigenvalue weighted by atomic mass is 79.9. The summed E-state index contributed by atoms with van der Waals surface area (Å²) in [6.07, 6.45) is 7.45. The van der Waals surface area contributed by atoms with E-state index in [9.17, 15) is 4.79 Å². The highest BCUT2D eigenvalue weighted by Crippen LogP contribution is 2.49. The fourth-order valence-electron chi connectivity index (χ4n) is 4.22. The van der Waals surface area contributed by atoms with Gasteiger partial charge in [0, 0.05) is 23.3 Å². The SMILES string of the molecule is CCn1cc(Br)cc1C(=O)NC(C)C1CC2CCC1C2. The fourth-order valence-corrected chi connectivity index (χ4v) is 4.68. The second kappa shape index (κ2) is 5.55. The number of carbonyl (C=O) groups is 1. The first-order valence-electron chi connectivity index (χ1n) is 7.75. The molecule has 3 rings (SSSR count). The number of carbonyl (C=O) groups excluding carboxylic acids is 1. The maximum atomic E-state index is 12.5. The lowest BCUT2D eigenvalue weighted by Crippen LogP contribution is -2.40. The molecule has 110 valence electrons. The molecular formula is C16H23BrN2O. The number of hydrogen-bond donors (Lipinski definition) is 1. The van der Waals surface area contributed by atoms with E-state index in [1.165, 1.54) is 25.7 Å². The zero-order valence-corrected chi connectivity index (χ0v) is 13.8. The Morgan fingerprint density at radius 1 is 1.50 bits per heavy atom. The molecule has 2 fully saturated rings. The highest BCUT2D eigenvalue weighted by molar-refractivity contribution is 9.10. The maximum Gasteiger partial charge on any atom is 0.268 e. The lowest BCUT2D eigenvalue weighted by molar-refractivity contribution is 0.0906. The van der Waals surface area contributed by atoms with Gasteiger partial charge in [0.2, 0.25) is 0 Å². The van der Waals surface area contributed by atoms with Crippen LogP contribution in [0.3, 0.4) is 0 Å². The Morgan fingerprint density at radius 2 is 2.30 bits per heavy atom. The van der Waals surface area contributed by atoms with Gasteiger partial charge in [-0.2, -0.15) is 0 Å². The number of hydrogen-bond acceptors (Lipinski definition) is 1. The van der Waals surface area contributed by atoms with E-state index in [0.717, 1.165) is 28.5 Å². The predicted molar refractivity (Wildman–Crippen MR) is 83.7 cm³/mol. The number of nitrogens with one attached hydrogen (secondary N) is 1. The Morgan fingerprint density at radius 3 is 2.90 bits per heavy atom. The molecule has 0 saturated heterocycles. The van der Waals surface area contributed by atoms with Crippen LogP contribution in [0.25, 0.3) is 0 Å². The monoisotopic (exact) mass is 338 g/mol. The Kier molecular flexibility index (Phi) is 3.93. The fraction of sp³-hybridized carbons (Fsp3) is 0.688. The lowest BCUT2D eigenvalue weighted by atomic mass is 9.84. The zero-order valence-electron chi connectivity index (χ0n) is 12.2. The molecule has 2 bridgehead atoms. The normalized spacial score (nSPS) is 29.6. The van der Waals surface area contributed by atoms with Crippen LogP contribution < -0.4 is 5.32 Å². The number of aromatic nitrogens is 1. The molecule has 1 amide bonds. The van der Waals surface area contributed by atoms with Crippen LogP contribution in [-0.2, 0) is 6.54 Å². The molecule has 2 aliphatic rings. The Hall–Kier alpha value is -0.770. The summed E-state index contributed by atoms with van der Waals surface area (Å²) in [7, 11) is 0. The molecule has 1 N–H and O–H groups in total. The van der Waals surface area contributed by atoms with Gasteiger partial charge in [0.25, 0.3) is 5.91 Å². The van der Waals surface area contributed by atoms with E-state index in [1.807, 2.05) is 16.8 Å². The number of rotatable bonds is 4. The van der Waals surface area contributed by atoms with Crippen LogP contribution in [0.2, 0.25) is 0 Å². The second-order valence-electron chi connectivity index (χ2n) is 6.43. The molecule has 4 unspecified atom stereocenters. The molecule has 4 atom stereocenters. The van der Waals surface area contributed by atoms with Crippen LogP contribution in [0.15, 0.2) is 16.7 Å². The van der Waals surface area contributed by atoms with Crippen LogP contribution in [-0.4, -0.2) is 16.5 Å². The van der Waals surface area contributed by atoms with Crippen molar-refractivity contribution in [1.82, 2.24) is 9.88 Å². The van der Waals surface area contributed by atoms with Crippen LogP contribution >= 0.6 is 15.9 Å². The molecule has 20 heavy (non-hydrogen) atoms. The van der Waals surface area contributed by atoms with Gasteiger partial charge in [-0.05, 0) is 72.9 Å². The van der Waals surface area contributed by atoms with Crippen LogP contribution in [0.1, 0.15) is 50.0 Å². The van der Waals surface area contributed by atoms with E-state index in [1.54, 1.807) is 0 Å². The molecule has 2 saturated carbocycles. The van der Waals surface area contributed by atoms with Gasteiger partial charge in [-0.3, -0.25) is 4.79 Å². The minimum Gasteiger partial charge on any atom is -0.348 e. The molecule has 2 aliphatic carbocycles. The van der Waals surface area contributed by atoms with Crippen molar-refractivity contribution < 1.29 is 4.79 Å². The van der Waals surface area contributed by atoms with Crippen LogP contribution in [0, 0.1) is 17.8 Å². The van der Waals surface area contributed by atoms with Gasteiger partial charge in [-0.15, -0.1) is 0 Å². The van der Waals surface area contributed by atoms with Gasteiger partial charge in [-0.1, -0.05) is 6.42 Å². The van der Waals surface area contributed by atoms with Gasteiger partial charge in [0.1, 0.15) is 5.69 Å². The molecule has 0 spiro atoms. The average molecular weight is 339 g/mol. The largest absolute Gasteiger partial charge is 0.348 e. The molecule has 4 heteroatoms. The summed E-state index contributed by atoms with van der Waals surface area (Å²) in [5.74, 6) is 2.52. The van der Waals surface area contributed by atoms with Gasteiger partial charge < -0.3 is 9.88 Å². The molecule has 1 heterocycles. The van der Waals surface area contributed by atoms with Gasteiger partial charge >= 0.3 is 0 Å². The average Bonchev–Trinajstić information content (AvgIpc) is 3.12. The first kappa shape index (κ1) is 14.2. The van der Waals surface area contributed by atoms with Crippen molar-refractivity contribution in [3.8, 4) is 0 Å². The number of aryl methyl sites for hydroxylation is 1. The minimum atomic E-state index is 0.0628. The van der Waals surface area contributed by atoms with E-state index < -0.39 is 0 Å². The summed E-state index contributed by atoms with van der Waals surface area (Å²) in [6, 6.07) is 2.20. The molecule has 1 aromatic rings. The Balaban J connectivity index is 1.66. The van der Waals surface area contributed by atoms with E-state index >= 15 is 0 Å². The summed E-state index contributed by atoms with van der Waals surface area (Å²) in [6.45, 7) is 5.05. The molecule has 1 aromatic heterocycles. The van der Waals surface area contributed by atoms with Crippen molar-refractivity contribution in [1.29, 1.82) is 0 Å².